The normalized spacial score (nSPS) is 21.9. The Hall–Kier alpha value is -0.850. The van der Waals surface area contributed by atoms with E-state index < -0.39 is 5.60 Å². The van der Waals surface area contributed by atoms with Gasteiger partial charge in [-0.15, -0.1) is 0 Å². The Bertz CT molecular complexity index is 298. The number of oxime groups is 1. The van der Waals surface area contributed by atoms with Gasteiger partial charge >= 0.3 is 0 Å². The van der Waals surface area contributed by atoms with Gasteiger partial charge in [-0.1, -0.05) is 5.16 Å². The Morgan fingerprint density at radius 2 is 2.11 bits per heavy atom. The largest absolute Gasteiger partial charge is 0.409 e. The molecular formula is C12H26N4O2. The van der Waals surface area contributed by atoms with E-state index >= 15 is 0 Å². The molecule has 0 saturated heterocycles. The lowest BCUT2D eigenvalue weighted by Crippen LogP contribution is -2.46. The minimum Gasteiger partial charge on any atom is -0.409 e. The van der Waals surface area contributed by atoms with Crippen molar-refractivity contribution in [3.05, 3.63) is 0 Å². The summed E-state index contributed by atoms with van der Waals surface area (Å²) in [6, 6.07) is 0. The molecular weight excluding hydrogens is 232 g/mol. The van der Waals surface area contributed by atoms with Crippen molar-refractivity contribution in [1.29, 1.82) is 0 Å². The van der Waals surface area contributed by atoms with Crippen LogP contribution in [0.3, 0.4) is 0 Å². The van der Waals surface area contributed by atoms with Crippen molar-refractivity contribution in [3.63, 3.8) is 0 Å². The van der Waals surface area contributed by atoms with E-state index in [4.69, 9.17) is 10.9 Å². The van der Waals surface area contributed by atoms with Gasteiger partial charge in [0.15, 0.2) is 0 Å². The van der Waals surface area contributed by atoms with E-state index in [9.17, 15) is 5.11 Å². The fraction of sp³-hybridized carbons (Fsp3) is 0.917. The molecule has 0 radical (unpaired) electrons. The molecule has 1 fully saturated rings. The smallest absolute Gasteiger partial charge is 0.139 e. The first-order valence-electron chi connectivity index (χ1n) is 6.33. The van der Waals surface area contributed by atoms with E-state index in [-0.39, 0.29) is 11.3 Å². The van der Waals surface area contributed by atoms with E-state index in [1.807, 2.05) is 25.9 Å². The third-order valence-corrected chi connectivity index (χ3v) is 3.30. The molecule has 0 aromatic rings. The standard InChI is InChI=1S/C12H26N4O2/c1-11(17,9-16(2)3)7-14-8-12(4-5-12)6-10(13)15-18/h14,17-18H,4-9H2,1-3H3,(H2,13,15). The highest BCUT2D eigenvalue weighted by atomic mass is 16.4. The lowest BCUT2D eigenvalue weighted by atomic mass is 10.0. The van der Waals surface area contributed by atoms with Gasteiger partial charge in [-0.05, 0) is 39.3 Å². The summed E-state index contributed by atoms with van der Waals surface area (Å²) in [7, 11) is 3.88. The third kappa shape index (κ3) is 5.20. The molecule has 106 valence electrons. The van der Waals surface area contributed by atoms with Crippen LogP contribution in [0, 0.1) is 5.41 Å². The van der Waals surface area contributed by atoms with Crippen molar-refractivity contribution < 1.29 is 10.3 Å². The van der Waals surface area contributed by atoms with Crippen molar-refractivity contribution in [1.82, 2.24) is 10.2 Å². The summed E-state index contributed by atoms with van der Waals surface area (Å²) in [6.07, 6.45) is 2.80. The van der Waals surface area contributed by atoms with Crippen LogP contribution in [-0.4, -0.2) is 60.4 Å². The fourth-order valence-electron chi connectivity index (χ4n) is 2.35. The molecule has 1 rings (SSSR count). The topological polar surface area (TPSA) is 94.1 Å². The van der Waals surface area contributed by atoms with E-state index in [0.717, 1.165) is 19.4 Å². The van der Waals surface area contributed by atoms with Gasteiger partial charge in [-0.3, -0.25) is 0 Å². The highest BCUT2D eigenvalue weighted by molar-refractivity contribution is 5.80. The van der Waals surface area contributed by atoms with Crippen molar-refractivity contribution in [2.24, 2.45) is 16.3 Å². The summed E-state index contributed by atoms with van der Waals surface area (Å²) in [5, 5.41) is 25.0. The summed E-state index contributed by atoms with van der Waals surface area (Å²) >= 11 is 0. The molecule has 0 amide bonds. The maximum absolute atomic E-state index is 10.1. The van der Waals surface area contributed by atoms with Crippen LogP contribution in [0.4, 0.5) is 0 Å². The van der Waals surface area contributed by atoms with Gasteiger partial charge in [0.25, 0.3) is 0 Å². The zero-order chi connectivity index (χ0) is 13.8. The van der Waals surface area contributed by atoms with Crippen LogP contribution in [0.1, 0.15) is 26.2 Å². The Balaban J connectivity index is 2.29. The highest BCUT2D eigenvalue weighted by Crippen LogP contribution is 2.48. The van der Waals surface area contributed by atoms with Crippen LogP contribution in [0.5, 0.6) is 0 Å². The Labute approximate surface area is 109 Å². The maximum Gasteiger partial charge on any atom is 0.139 e. The molecule has 1 saturated carbocycles. The average Bonchev–Trinajstić information content (AvgIpc) is 2.95. The van der Waals surface area contributed by atoms with Gasteiger partial charge in [-0.2, -0.15) is 0 Å². The zero-order valence-electron chi connectivity index (χ0n) is 11.6. The van der Waals surface area contributed by atoms with Gasteiger partial charge < -0.3 is 26.3 Å². The van der Waals surface area contributed by atoms with Crippen molar-refractivity contribution in [3.8, 4) is 0 Å². The Kier molecular flexibility index (Phi) is 4.95. The van der Waals surface area contributed by atoms with Crippen LogP contribution in [0.2, 0.25) is 0 Å². The summed E-state index contributed by atoms with van der Waals surface area (Å²) < 4.78 is 0. The van der Waals surface area contributed by atoms with Gasteiger partial charge in [0, 0.05) is 26.1 Å². The monoisotopic (exact) mass is 258 g/mol. The summed E-state index contributed by atoms with van der Waals surface area (Å²) in [5.74, 6) is 0.286. The molecule has 6 nitrogen and oxygen atoms in total. The van der Waals surface area contributed by atoms with Crippen LogP contribution in [-0.2, 0) is 0 Å². The molecule has 1 aliphatic rings. The molecule has 0 spiro atoms. The van der Waals surface area contributed by atoms with Gasteiger partial charge in [0.05, 0.1) is 5.60 Å². The summed E-state index contributed by atoms with van der Waals surface area (Å²) in [4.78, 5) is 1.96. The first-order chi connectivity index (χ1) is 8.29. The van der Waals surface area contributed by atoms with Crippen LogP contribution in [0.25, 0.3) is 0 Å². The molecule has 18 heavy (non-hydrogen) atoms. The molecule has 0 aromatic carbocycles. The number of nitrogens with two attached hydrogens (primary N) is 1. The second-order valence-corrected chi connectivity index (χ2v) is 6.11. The number of nitrogens with zero attached hydrogens (tertiary/aromatic N) is 2. The quantitative estimate of drug-likeness (QED) is 0.209. The second-order valence-electron chi connectivity index (χ2n) is 6.11. The molecule has 0 aromatic heterocycles. The number of hydrogen-bond acceptors (Lipinski definition) is 5. The SMILES string of the molecule is CN(C)CC(C)(O)CNCC1(CC(N)=NO)CC1. The predicted molar refractivity (Wildman–Crippen MR) is 71.7 cm³/mol. The molecule has 5 N–H and O–H groups in total. The van der Waals surface area contributed by atoms with Crippen LogP contribution in [0.15, 0.2) is 5.16 Å². The Morgan fingerprint density at radius 1 is 1.50 bits per heavy atom. The average molecular weight is 258 g/mol. The molecule has 6 heteroatoms. The van der Waals surface area contributed by atoms with Crippen LogP contribution >= 0.6 is 0 Å². The lowest BCUT2D eigenvalue weighted by molar-refractivity contribution is 0.0329. The van der Waals surface area contributed by atoms with E-state index in [1.165, 1.54) is 0 Å². The van der Waals surface area contributed by atoms with Crippen molar-refractivity contribution >= 4 is 5.84 Å². The number of rotatable bonds is 8. The number of amidine groups is 1. The maximum atomic E-state index is 10.1. The minimum atomic E-state index is -0.740. The zero-order valence-corrected chi connectivity index (χ0v) is 11.6. The second kappa shape index (κ2) is 5.86. The number of aliphatic hydroxyl groups is 1. The number of likely N-dealkylation sites (N-methyl/N-ethyl adjacent to an activating group) is 1. The minimum absolute atomic E-state index is 0.129. The van der Waals surface area contributed by atoms with Crippen molar-refractivity contribution in [2.45, 2.75) is 31.8 Å². The van der Waals surface area contributed by atoms with E-state index in [2.05, 4.69) is 10.5 Å². The van der Waals surface area contributed by atoms with Gasteiger partial charge in [0.1, 0.15) is 5.84 Å². The summed E-state index contributed by atoms with van der Waals surface area (Å²) in [5.41, 5.74) is 4.93. The highest BCUT2D eigenvalue weighted by Gasteiger charge is 2.43. The molecule has 1 atom stereocenters. The molecule has 0 bridgehead atoms. The van der Waals surface area contributed by atoms with E-state index in [0.29, 0.717) is 19.5 Å². The first-order valence-corrected chi connectivity index (χ1v) is 6.33. The number of nitrogens with one attached hydrogen (secondary N) is 1. The van der Waals surface area contributed by atoms with Gasteiger partial charge in [-0.25, -0.2) is 0 Å². The number of hydrogen-bond donors (Lipinski definition) is 4. The lowest BCUT2D eigenvalue weighted by Gasteiger charge is -2.28. The molecule has 0 heterocycles. The van der Waals surface area contributed by atoms with Crippen LogP contribution < -0.4 is 11.1 Å². The predicted octanol–water partition coefficient (Wildman–Crippen LogP) is -0.195. The van der Waals surface area contributed by atoms with Crippen molar-refractivity contribution in [2.75, 3.05) is 33.7 Å². The van der Waals surface area contributed by atoms with Gasteiger partial charge in [0.2, 0.25) is 0 Å². The van der Waals surface area contributed by atoms with E-state index in [1.54, 1.807) is 0 Å². The molecule has 1 aliphatic carbocycles. The third-order valence-electron chi connectivity index (χ3n) is 3.30. The fourth-order valence-corrected chi connectivity index (χ4v) is 2.35. The Morgan fingerprint density at radius 3 is 2.56 bits per heavy atom. The molecule has 0 aliphatic heterocycles. The summed E-state index contributed by atoms with van der Waals surface area (Å²) in [6.45, 7) is 3.78. The molecule has 1 unspecified atom stereocenters. The first kappa shape index (κ1) is 15.2.